The third-order valence-electron chi connectivity index (χ3n) is 3.81. The number of amides is 1. The van der Waals surface area contributed by atoms with Crippen LogP contribution in [0, 0.1) is 0 Å². The summed E-state index contributed by atoms with van der Waals surface area (Å²) in [5.74, 6) is 0.151. The van der Waals surface area contributed by atoms with Crippen LogP contribution < -0.4 is 10.7 Å². The van der Waals surface area contributed by atoms with Gasteiger partial charge in [0.15, 0.2) is 0 Å². The molecule has 0 aromatic carbocycles. The highest BCUT2D eigenvalue weighted by Gasteiger charge is 2.29. The highest BCUT2D eigenvalue weighted by molar-refractivity contribution is 5.81. The molecule has 4 nitrogen and oxygen atoms in total. The van der Waals surface area contributed by atoms with Gasteiger partial charge in [-0.1, -0.05) is 6.42 Å². The van der Waals surface area contributed by atoms with Crippen molar-refractivity contribution in [1.29, 1.82) is 0 Å². The van der Waals surface area contributed by atoms with Crippen LogP contribution in [0.5, 0.6) is 0 Å². The zero-order valence-corrected chi connectivity index (χ0v) is 10.3. The SMILES string of the molecule is CC1CCCC(C)N1NC(=O)[C@@H]1CCCN1. The quantitative estimate of drug-likeness (QED) is 0.738. The van der Waals surface area contributed by atoms with Crippen LogP contribution in [0.1, 0.15) is 46.0 Å². The van der Waals surface area contributed by atoms with Gasteiger partial charge in [-0.2, -0.15) is 0 Å². The van der Waals surface area contributed by atoms with Crippen molar-refractivity contribution in [2.24, 2.45) is 0 Å². The smallest absolute Gasteiger partial charge is 0.251 e. The maximum absolute atomic E-state index is 12.0. The van der Waals surface area contributed by atoms with Gasteiger partial charge < -0.3 is 5.32 Å². The number of hydrazine groups is 1. The molecular formula is C12H23N3O. The fraction of sp³-hybridized carbons (Fsp3) is 0.917. The van der Waals surface area contributed by atoms with Crippen LogP contribution in [0.2, 0.25) is 0 Å². The predicted octanol–water partition coefficient (Wildman–Crippen LogP) is 1.03. The number of hydrogen-bond donors (Lipinski definition) is 2. The first-order chi connectivity index (χ1) is 7.68. The average molecular weight is 225 g/mol. The molecule has 0 radical (unpaired) electrons. The van der Waals surface area contributed by atoms with E-state index in [2.05, 4.69) is 29.6 Å². The molecule has 2 saturated heterocycles. The first-order valence-corrected chi connectivity index (χ1v) is 6.50. The average Bonchev–Trinajstić information content (AvgIpc) is 2.76. The molecule has 4 heteroatoms. The molecule has 0 spiro atoms. The van der Waals surface area contributed by atoms with Crippen molar-refractivity contribution in [3.05, 3.63) is 0 Å². The van der Waals surface area contributed by atoms with Gasteiger partial charge in [0.25, 0.3) is 5.91 Å². The maximum atomic E-state index is 12.0. The van der Waals surface area contributed by atoms with Crippen LogP contribution in [0.15, 0.2) is 0 Å². The summed E-state index contributed by atoms with van der Waals surface area (Å²) in [6, 6.07) is 0.963. The van der Waals surface area contributed by atoms with Gasteiger partial charge in [0.1, 0.15) is 0 Å². The van der Waals surface area contributed by atoms with Crippen LogP contribution in [0.25, 0.3) is 0 Å². The molecule has 2 heterocycles. The van der Waals surface area contributed by atoms with Crippen molar-refractivity contribution in [1.82, 2.24) is 15.8 Å². The maximum Gasteiger partial charge on any atom is 0.251 e. The second-order valence-corrected chi connectivity index (χ2v) is 5.16. The van der Waals surface area contributed by atoms with Gasteiger partial charge in [-0.05, 0) is 46.1 Å². The number of hydrogen-bond acceptors (Lipinski definition) is 3. The van der Waals surface area contributed by atoms with Crippen molar-refractivity contribution >= 4 is 5.91 Å². The van der Waals surface area contributed by atoms with E-state index in [1.54, 1.807) is 0 Å². The fourth-order valence-corrected chi connectivity index (χ4v) is 2.76. The van der Waals surface area contributed by atoms with Crippen LogP contribution >= 0.6 is 0 Å². The molecule has 1 amide bonds. The Labute approximate surface area is 97.7 Å². The highest BCUT2D eigenvalue weighted by atomic mass is 16.2. The minimum absolute atomic E-state index is 0.0290. The van der Waals surface area contributed by atoms with E-state index in [4.69, 9.17) is 0 Å². The molecule has 16 heavy (non-hydrogen) atoms. The lowest BCUT2D eigenvalue weighted by atomic mass is 10.00. The topological polar surface area (TPSA) is 44.4 Å². The lowest BCUT2D eigenvalue weighted by molar-refractivity contribution is -0.131. The van der Waals surface area contributed by atoms with Crippen LogP contribution in [-0.4, -0.2) is 35.6 Å². The van der Waals surface area contributed by atoms with Crippen molar-refractivity contribution in [3.63, 3.8) is 0 Å². The Bertz CT molecular complexity index is 241. The molecular weight excluding hydrogens is 202 g/mol. The normalized spacial score (nSPS) is 36.2. The van der Waals surface area contributed by atoms with Gasteiger partial charge in [0.2, 0.25) is 0 Å². The number of rotatable bonds is 2. The Kier molecular flexibility index (Phi) is 3.82. The third-order valence-corrected chi connectivity index (χ3v) is 3.81. The van der Waals surface area contributed by atoms with E-state index in [0.717, 1.165) is 19.4 Å². The largest absolute Gasteiger partial charge is 0.306 e. The molecule has 0 bridgehead atoms. The molecule has 0 aromatic rings. The first kappa shape index (κ1) is 11.9. The second-order valence-electron chi connectivity index (χ2n) is 5.16. The highest BCUT2D eigenvalue weighted by Crippen LogP contribution is 2.20. The van der Waals surface area contributed by atoms with Crippen molar-refractivity contribution in [2.45, 2.75) is 64.1 Å². The zero-order valence-electron chi connectivity index (χ0n) is 10.3. The molecule has 0 saturated carbocycles. The summed E-state index contributed by atoms with van der Waals surface area (Å²) in [6.45, 7) is 5.36. The van der Waals surface area contributed by atoms with Gasteiger partial charge in [-0.25, -0.2) is 5.01 Å². The van der Waals surface area contributed by atoms with Gasteiger partial charge in [0.05, 0.1) is 6.04 Å². The van der Waals surface area contributed by atoms with E-state index >= 15 is 0 Å². The molecule has 2 N–H and O–H groups in total. The molecule has 92 valence electrons. The van der Waals surface area contributed by atoms with E-state index < -0.39 is 0 Å². The predicted molar refractivity (Wildman–Crippen MR) is 63.8 cm³/mol. The minimum Gasteiger partial charge on any atom is -0.306 e. The van der Waals surface area contributed by atoms with E-state index in [-0.39, 0.29) is 11.9 Å². The summed E-state index contributed by atoms with van der Waals surface area (Å²) in [7, 11) is 0. The second kappa shape index (κ2) is 5.15. The van der Waals surface area contributed by atoms with Crippen LogP contribution in [0.4, 0.5) is 0 Å². The minimum atomic E-state index is 0.0290. The molecule has 2 aliphatic rings. The molecule has 2 fully saturated rings. The molecule has 0 aromatic heterocycles. The Hall–Kier alpha value is -0.610. The number of piperidine rings is 1. The van der Waals surface area contributed by atoms with Gasteiger partial charge >= 0.3 is 0 Å². The van der Waals surface area contributed by atoms with Crippen molar-refractivity contribution in [2.75, 3.05) is 6.54 Å². The number of nitrogens with one attached hydrogen (secondary N) is 2. The summed E-state index contributed by atoms with van der Waals surface area (Å²) in [5.41, 5.74) is 3.09. The van der Waals surface area contributed by atoms with Crippen LogP contribution in [-0.2, 0) is 4.79 Å². The van der Waals surface area contributed by atoms with Gasteiger partial charge in [0, 0.05) is 12.1 Å². The Morgan fingerprint density at radius 1 is 1.19 bits per heavy atom. The van der Waals surface area contributed by atoms with Crippen molar-refractivity contribution in [3.8, 4) is 0 Å². The number of nitrogens with zero attached hydrogens (tertiary/aromatic N) is 1. The van der Waals surface area contributed by atoms with Crippen LogP contribution in [0.3, 0.4) is 0 Å². The standard InChI is InChI=1S/C12H23N3O/c1-9-5-3-6-10(2)15(9)14-12(16)11-7-4-8-13-11/h9-11,13H,3-8H2,1-2H3,(H,14,16)/t9?,10?,11-/m0/s1. The third kappa shape index (κ3) is 2.55. The molecule has 2 aliphatic heterocycles. The van der Waals surface area contributed by atoms with Crippen molar-refractivity contribution < 1.29 is 4.79 Å². The van der Waals surface area contributed by atoms with E-state index in [0.29, 0.717) is 12.1 Å². The van der Waals surface area contributed by atoms with E-state index in [9.17, 15) is 4.79 Å². The number of carbonyl (C=O) groups excluding carboxylic acids is 1. The number of carbonyl (C=O) groups is 1. The monoisotopic (exact) mass is 225 g/mol. The van der Waals surface area contributed by atoms with Gasteiger partial charge in [-0.3, -0.25) is 10.2 Å². The summed E-state index contributed by atoms with van der Waals surface area (Å²) in [4.78, 5) is 12.0. The molecule has 3 atom stereocenters. The van der Waals surface area contributed by atoms with E-state index in [1.165, 1.54) is 19.3 Å². The first-order valence-electron chi connectivity index (χ1n) is 6.50. The Morgan fingerprint density at radius 2 is 1.88 bits per heavy atom. The molecule has 2 unspecified atom stereocenters. The summed E-state index contributed by atoms with van der Waals surface area (Å²) < 4.78 is 0. The lowest BCUT2D eigenvalue weighted by Crippen LogP contribution is -2.57. The van der Waals surface area contributed by atoms with E-state index in [1.807, 2.05) is 0 Å². The van der Waals surface area contributed by atoms with Gasteiger partial charge in [-0.15, -0.1) is 0 Å². The summed E-state index contributed by atoms with van der Waals surface area (Å²) in [5, 5.41) is 5.38. The molecule has 2 rings (SSSR count). The lowest BCUT2D eigenvalue weighted by Gasteiger charge is -2.39. The fourth-order valence-electron chi connectivity index (χ4n) is 2.76. The Balaban J connectivity index is 1.88. The molecule has 0 aliphatic carbocycles. The summed E-state index contributed by atoms with van der Waals surface area (Å²) >= 11 is 0. The summed E-state index contributed by atoms with van der Waals surface area (Å²) in [6.07, 6.45) is 5.73. The Morgan fingerprint density at radius 3 is 2.44 bits per heavy atom. The zero-order chi connectivity index (χ0) is 11.5.